The Morgan fingerprint density at radius 1 is 0.871 bits per heavy atom. The molecule has 1 unspecified atom stereocenters. The van der Waals surface area contributed by atoms with E-state index in [4.69, 9.17) is 19.3 Å². The molecule has 1 fully saturated rings. The lowest BCUT2D eigenvalue weighted by Gasteiger charge is -2.09. The first-order valence-corrected chi connectivity index (χ1v) is 11.1. The monoisotopic (exact) mass is 438 g/mol. The minimum absolute atomic E-state index is 0.00881. The number of carboxylic acid groups (broad SMARTS) is 1. The summed E-state index contributed by atoms with van der Waals surface area (Å²) in [5, 5.41) is 13.9. The zero-order valence-corrected chi connectivity index (χ0v) is 18.0. The molecule has 0 aromatic carbocycles. The van der Waals surface area contributed by atoms with Crippen molar-refractivity contribution in [3.8, 4) is 11.8 Å². The topological polar surface area (TPSA) is 123 Å². The molecular weight excluding hydrogens is 404 g/mol. The quantitative estimate of drug-likeness (QED) is 0.262. The highest BCUT2D eigenvalue weighted by atomic mass is 16.6. The van der Waals surface area contributed by atoms with Crippen LogP contribution in [0.15, 0.2) is 0 Å². The van der Waals surface area contributed by atoms with Gasteiger partial charge in [0.25, 0.3) is 0 Å². The van der Waals surface area contributed by atoms with Crippen molar-refractivity contribution in [3.05, 3.63) is 0 Å². The summed E-state index contributed by atoms with van der Waals surface area (Å²) in [6.45, 7) is 2.71. The van der Waals surface area contributed by atoms with E-state index in [2.05, 4.69) is 22.5 Å². The maximum atomic E-state index is 11.8. The highest BCUT2D eigenvalue weighted by Gasteiger charge is 2.49. The van der Waals surface area contributed by atoms with Crippen LogP contribution in [-0.2, 0) is 23.8 Å². The highest BCUT2D eigenvalue weighted by Crippen LogP contribution is 2.52. The molecule has 0 bridgehead atoms. The fourth-order valence-corrected chi connectivity index (χ4v) is 3.80. The van der Waals surface area contributed by atoms with Crippen LogP contribution in [0.4, 0.5) is 4.79 Å². The Kier molecular flexibility index (Phi) is 11.8. The number of ether oxygens (including phenoxy) is 3. The molecule has 3 atom stereocenters. The van der Waals surface area contributed by atoms with Crippen LogP contribution >= 0.6 is 0 Å². The van der Waals surface area contributed by atoms with E-state index in [0.29, 0.717) is 70.3 Å². The summed E-state index contributed by atoms with van der Waals surface area (Å²) in [6, 6.07) is 0. The van der Waals surface area contributed by atoms with Gasteiger partial charge in [0.15, 0.2) is 0 Å². The van der Waals surface area contributed by atoms with Gasteiger partial charge in [0, 0.05) is 38.8 Å². The summed E-state index contributed by atoms with van der Waals surface area (Å²) in [7, 11) is 0. The van der Waals surface area contributed by atoms with Crippen molar-refractivity contribution in [2.75, 3.05) is 46.1 Å². The number of hydrogen-bond donors (Lipinski definition) is 3. The molecule has 2 aliphatic rings. The molecule has 0 aromatic heterocycles. The van der Waals surface area contributed by atoms with E-state index in [1.165, 1.54) is 0 Å². The van der Waals surface area contributed by atoms with E-state index in [1.54, 1.807) is 0 Å². The molecule has 9 heteroatoms. The third-order valence-electron chi connectivity index (χ3n) is 5.50. The van der Waals surface area contributed by atoms with E-state index in [-0.39, 0.29) is 18.7 Å². The van der Waals surface area contributed by atoms with Gasteiger partial charge in [-0.25, -0.2) is 4.79 Å². The molecule has 2 aliphatic carbocycles. The molecular formula is C22H34N2O7. The Balaban J connectivity index is 1.33. The Bertz CT molecular complexity index is 626. The van der Waals surface area contributed by atoms with Crippen molar-refractivity contribution in [2.45, 2.75) is 44.9 Å². The number of fused-ring (bicyclic) bond motifs is 1. The second-order valence-electron chi connectivity index (χ2n) is 7.77. The van der Waals surface area contributed by atoms with E-state index in [1.807, 2.05) is 0 Å². The van der Waals surface area contributed by atoms with E-state index in [9.17, 15) is 14.4 Å². The molecule has 0 aliphatic heterocycles. The molecule has 2 rings (SSSR count). The van der Waals surface area contributed by atoms with Gasteiger partial charge in [-0.15, -0.1) is 11.8 Å². The van der Waals surface area contributed by atoms with Crippen molar-refractivity contribution < 1.29 is 33.7 Å². The summed E-state index contributed by atoms with van der Waals surface area (Å²) in [5.74, 6) is 7.08. The fraction of sp³-hybridized carbons (Fsp3) is 0.773. The third-order valence-corrected chi connectivity index (χ3v) is 5.50. The normalized spacial score (nSPS) is 21.5. The smallest absolute Gasteiger partial charge is 0.407 e. The molecule has 3 N–H and O–H groups in total. The van der Waals surface area contributed by atoms with Gasteiger partial charge in [0.05, 0.1) is 33.0 Å². The molecule has 0 radical (unpaired) electrons. The van der Waals surface area contributed by atoms with Crippen molar-refractivity contribution in [1.82, 2.24) is 10.6 Å². The molecule has 9 nitrogen and oxygen atoms in total. The van der Waals surface area contributed by atoms with E-state index < -0.39 is 12.1 Å². The number of amides is 2. The first-order chi connectivity index (χ1) is 15.1. The predicted molar refractivity (Wildman–Crippen MR) is 112 cm³/mol. The summed E-state index contributed by atoms with van der Waals surface area (Å²) in [5.41, 5.74) is 0. The highest BCUT2D eigenvalue weighted by molar-refractivity contribution is 5.76. The summed E-state index contributed by atoms with van der Waals surface area (Å²) < 4.78 is 16.0. The Hall–Kier alpha value is -2.31. The van der Waals surface area contributed by atoms with Gasteiger partial charge >= 0.3 is 12.1 Å². The molecule has 0 aromatic rings. The SMILES string of the molecule is O=C(O)CCCC(=O)NCCOCCOCCNC(=O)OCC1[C@H]2CCC#CCC[C@@H]12. The van der Waals surface area contributed by atoms with Gasteiger partial charge in [-0.3, -0.25) is 9.59 Å². The second kappa shape index (κ2) is 14.7. The van der Waals surface area contributed by atoms with Crippen LogP contribution in [0.2, 0.25) is 0 Å². The van der Waals surface area contributed by atoms with Crippen LogP contribution in [0.25, 0.3) is 0 Å². The summed E-state index contributed by atoms with van der Waals surface area (Å²) >= 11 is 0. The van der Waals surface area contributed by atoms with Crippen LogP contribution < -0.4 is 10.6 Å². The molecule has 174 valence electrons. The lowest BCUT2D eigenvalue weighted by molar-refractivity contribution is -0.137. The molecule has 0 heterocycles. The van der Waals surface area contributed by atoms with Crippen molar-refractivity contribution in [2.24, 2.45) is 17.8 Å². The zero-order chi connectivity index (χ0) is 22.3. The van der Waals surface area contributed by atoms with Crippen LogP contribution in [-0.4, -0.2) is 69.2 Å². The number of carbonyl (C=O) groups excluding carboxylic acids is 2. The van der Waals surface area contributed by atoms with Crippen LogP contribution in [0.3, 0.4) is 0 Å². The summed E-state index contributed by atoms with van der Waals surface area (Å²) in [6.07, 6.45) is 4.24. The maximum Gasteiger partial charge on any atom is 0.407 e. The number of carboxylic acids is 1. The molecule has 0 saturated heterocycles. The van der Waals surface area contributed by atoms with Gasteiger partial charge in [0.1, 0.15) is 0 Å². The van der Waals surface area contributed by atoms with Gasteiger partial charge in [-0.1, -0.05) is 0 Å². The maximum absolute atomic E-state index is 11.8. The van der Waals surface area contributed by atoms with E-state index in [0.717, 1.165) is 25.7 Å². The van der Waals surface area contributed by atoms with E-state index >= 15 is 0 Å². The number of alkyl carbamates (subject to hydrolysis) is 1. The van der Waals surface area contributed by atoms with Crippen LogP contribution in [0.5, 0.6) is 0 Å². The average Bonchev–Trinajstić information content (AvgIpc) is 3.36. The average molecular weight is 439 g/mol. The fourth-order valence-electron chi connectivity index (χ4n) is 3.80. The summed E-state index contributed by atoms with van der Waals surface area (Å²) in [4.78, 5) is 33.6. The predicted octanol–water partition coefficient (Wildman–Crippen LogP) is 1.56. The Morgan fingerprint density at radius 2 is 1.48 bits per heavy atom. The Morgan fingerprint density at radius 3 is 2.10 bits per heavy atom. The van der Waals surface area contributed by atoms with Crippen LogP contribution in [0, 0.1) is 29.6 Å². The number of nitrogens with one attached hydrogen (secondary N) is 2. The van der Waals surface area contributed by atoms with Crippen molar-refractivity contribution in [3.63, 3.8) is 0 Å². The van der Waals surface area contributed by atoms with Crippen molar-refractivity contribution >= 4 is 18.0 Å². The number of hydrogen-bond acceptors (Lipinski definition) is 6. The molecule has 31 heavy (non-hydrogen) atoms. The minimum Gasteiger partial charge on any atom is -0.481 e. The Labute approximate surface area is 183 Å². The van der Waals surface area contributed by atoms with Crippen LogP contribution in [0.1, 0.15) is 44.9 Å². The van der Waals surface area contributed by atoms with Gasteiger partial charge in [-0.2, -0.15) is 0 Å². The molecule has 2 amide bonds. The number of rotatable bonds is 15. The number of carbonyl (C=O) groups is 3. The minimum atomic E-state index is -0.902. The first kappa shape index (κ1) is 25.0. The van der Waals surface area contributed by atoms with Gasteiger partial charge < -0.3 is 30.0 Å². The van der Waals surface area contributed by atoms with Crippen molar-refractivity contribution in [1.29, 1.82) is 0 Å². The second-order valence-corrected chi connectivity index (χ2v) is 7.77. The standard InChI is InChI=1S/C22H34N2O7/c25-20(8-5-9-21(26)27)23-10-12-29-14-15-30-13-11-24-22(28)31-16-19-17-6-3-1-2-4-7-18(17)19/h17-19H,3-16H2,(H,23,25)(H,24,28)(H,26,27)/t17-,18+,19?. The third kappa shape index (κ3) is 11.0. The molecule has 0 spiro atoms. The first-order valence-electron chi connectivity index (χ1n) is 11.1. The number of aliphatic carboxylic acids is 1. The lowest BCUT2D eigenvalue weighted by Crippen LogP contribution is -2.29. The largest absolute Gasteiger partial charge is 0.481 e. The van der Waals surface area contributed by atoms with Gasteiger partial charge in [0.2, 0.25) is 5.91 Å². The molecule has 1 saturated carbocycles. The zero-order valence-electron chi connectivity index (χ0n) is 18.0. The lowest BCUT2D eigenvalue weighted by atomic mass is 10.1. The van der Waals surface area contributed by atoms with Gasteiger partial charge in [-0.05, 0) is 37.0 Å².